The zero-order chi connectivity index (χ0) is 13.7. The van der Waals surface area contributed by atoms with Gasteiger partial charge in [0.25, 0.3) is 0 Å². The molecule has 0 radical (unpaired) electrons. The number of nitrogens with zero attached hydrogens (tertiary/aromatic N) is 1. The first-order valence-corrected chi connectivity index (χ1v) is 7.72. The van der Waals surface area contributed by atoms with Crippen molar-refractivity contribution in [3.8, 4) is 0 Å². The van der Waals surface area contributed by atoms with Crippen molar-refractivity contribution in [2.24, 2.45) is 17.6 Å². The number of hydrogen-bond acceptors (Lipinski definition) is 2. The highest BCUT2D eigenvalue weighted by Crippen LogP contribution is 2.25. The number of nitrogens with two attached hydrogens (primary N) is 1. The van der Waals surface area contributed by atoms with Crippen molar-refractivity contribution in [2.45, 2.75) is 32.7 Å². The zero-order valence-corrected chi connectivity index (χ0v) is 12.6. The summed E-state index contributed by atoms with van der Waals surface area (Å²) in [5, 5.41) is 0.837. The van der Waals surface area contributed by atoms with Crippen molar-refractivity contribution in [2.75, 3.05) is 19.6 Å². The van der Waals surface area contributed by atoms with Gasteiger partial charge in [-0.25, -0.2) is 0 Å². The van der Waals surface area contributed by atoms with Crippen LogP contribution in [0.15, 0.2) is 24.3 Å². The zero-order valence-electron chi connectivity index (χ0n) is 11.8. The minimum absolute atomic E-state index is 0.671. The molecule has 0 aromatic heterocycles. The molecule has 1 saturated heterocycles. The van der Waals surface area contributed by atoms with E-state index >= 15 is 0 Å². The van der Waals surface area contributed by atoms with E-state index in [1.54, 1.807) is 0 Å². The summed E-state index contributed by atoms with van der Waals surface area (Å²) in [5.74, 6) is 1.54. The van der Waals surface area contributed by atoms with Gasteiger partial charge in [0.1, 0.15) is 0 Å². The van der Waals surface area contributed by atoms with E-state index in [1.807, 2.05) is 12.1 Å². The van der Waals surface area contributed by atoms with Crippen molar-refractivity contribution in [3.05, 3.63) is 34.9 Å². The summed E-state index contributed by atoms with van der Waals surface area (Å²) < 4.78 is 0. The normalized spacial score (nSPS) is 19.5. The third-order valence-corrected chi connectivity index (χ3v) is 4.38. The van der Waals surface area contributed by atoms with E-state index in [-0.39, 0.29) is 0 Å². The third-order valence-electron chi connectivity index (χ3n) is 4.14. The largest absolute Gasteiger partial charge is 0.330 e. The second-order valence-electron chi connectivity index (χ2n) is 5.93. The fourth-order valence-electron chi connectivity index (χ4n) is 2.94. The average molecular weight is 281 g/mol. The molecule has 106 valence electrons. The fraction of sp³-hybridized carbons (Fsp3) is 0.625. The van der Waals surface area contributed by atoms with Crippen molar-refractivity contribution in [1.29, 1.82) is 0 Å². The average Bonchev–Trinajstić information content (AvgIpc) is 2.41. The van der Waals surface area contributed by atoms with Crippen LogP contribution in [0.2, 0.25) is 5.02 Å². The predicted octanol–water partition coefficient (Wildman–Crippen LogP) is 3.54. The third kappa shape index (κ3) is 4.79. The van der Waals surface area contributed by atoms with Crippen molar-refractivity contribution in [3.63, 3.8) is 0 Å². The molecule has 2 N–H and O–H groups in total. The topological polar surface area (TPSA) is 29.3 Å². The Morgan fingerprint density at radius 3 is 2.74 bits per heavy atom. The van der Waals surface area contributed by atoms with Crippen LogP contribution in [0.4, 0.5) is 0 Å². The van der Waals surface area contributed by atoms with Gasteiger partial charge in [0, 0.05) is 11.6 Å². The van der Waals surface area contributed by atoms with E-state index in [0.29, 0.717) is 5.92 Å². The highest BCUT2D eigenvalue weighted by molar-refractivity contribution is 6.30. The van der Waals surface area contributed by atoms with Gasteiger partial charge in [0.15, 0.2) is 0 Å². The molecule has 1 fully saturated rings. The molecular formula is C16H25ClN2. The van der Waals surface area contributed by atoms with E-state index < -0.39 is 0 Å². The second kappa shape index (κ2) is 7.28. The number of likely N-dealkylation sites (tertiary alicyclic amines) is 1. The number of benzene rings is 1. The molecule has 1 aromatic carbocycles. The number of rotatable bonds is 5. The van der Waals surface area contributed by atoms with Crippen LogP contribution in [-0.2, 0) is 6.54 Å². The molecule has 1 unspecified atom stereocenters. The van der Waals surface area contributed by atoms with Gasteiger partial charge in [-0.15, -0.1) is 0 Å². The summed E-state index contributed by atoms with van der Waals surface area (Å²) in [5.41, 5.74) is 7.03. The lowest BCUT2D eigenvalue weighted by Crippen LogP contribution is -2.34. The number of hydrogen-bond donors (Lipinski definition) is 1. The molecule has 1 heterocycles. The van der Waals surface area contributed by atoms with E-state index in [0.717, 1.165) is 24.0 Å². The van der Waals surface area contributed by atoms with E-state index in [4.69, 9.17) is 17.3 Å². The maximum atomic E-state index is 6.03. The molecule has 19 heavy (non-hydrogen) atoms. The van der Waals surface area contributed by atoms with Crippen LogP contribution < -0.4 is 5.73 Å². The Bertz CT molecular complexity index is 386. The van der Waals surface area contributed by atoms with Crippen LogP contribution in [0.3, 0.4) is 0 Å². The molecule has 0 aliphatic carbocycles. The predicted molar refractivity (Wildman–Crippen MR) is 82.3 cm³/mol. The Morgan fingerprint density at radius 2 is 2.11 bits per heavy atom. The Labute approximate surface area is 121 Å². The summed E-state index contributed by atoms with van der Waals surface area (Å²) in [6.07, 6.45) is 3.91. The summed E-state index contributed by atoms with van der Waals surface area (Å²) in [6.45, 7) is 6.52. The molecule has 0 spiro atoms. The molecule has 1 aliphatic heterocycles. The van der Waals surface area contributed by atoms with E-state index in [1.165, 1.54) is 37.9 Å². The molecule has 0 saturated carbocycles. The van der Waals surface area contributed by atoms with Gasteiger partial charge in [-0.1, -0.05) is 30.7 Å². The molecular weight excluding hydrogens is 256 g/mol. The lowest BCUT2D eigenvalue weighted by molar-refractivity contribution is 0.163. The minimum atomic E-state index is 0.671. The van der Waals surface area contributed by atoms with Gasteiger partial charge in [-0.05, 0) is 68.4 Å². The van der Waals surface area contributed by atoms with Crippen molar-refractivity contribution in [1.82, 2.24) is 4.90 Å². The SMILES string of the molecule is CC(CN)CC1CCN(Cc2cccc(Cl)c2)CC1. The summed E-state index contributed by atoms with van der Waals surface area (Å²) >= 11 is 6.03. The van der Waals surface area contributed by atoms with Crippen LogP contribution in [0.25, 0.3) is 0 Å². The van der Waals surface area contributed by atoms with Crippen LogP contribution in [0, 0.1) is 11.8 Å². The molecule has 1 aromatic rings. The van der Waals surface area contributed by atoms with Crippen LogP contribution in [0.1, 0.15) is 31.7 Å². The monoisotopic (exact) mass is 280 g/mol. The fourth-order valence-corrected chi connectivity index (χ4v) is 3.15. The number of piperidine rings is 1. The molecule has 2 nitrogen and oxygen atoms in total. The van der Waals surface area contributed by atoms with Gasteiger partial charge in [-0.3, -0.25) is 4.90 Å². The standard InChI is InChI=1S/C16H25ClN2/c1-13(11-18)9-14-5-7-19(8-6-14)12-15-3-2-4-16(17)10-15/h2-4,10,13-14H,5-9,11-12,18H2,1H3. The summed E-state index contributed by atoms with van der Waals surface area (Å²) in [6, 6.07) is 8.21. The van der Waals surface area contributed by atoms with E-state index in [9.17, 15) is 0 Å². The Hall–Kier alpha value is -0.570. The lowest BCUT2D eigenvalue weighted by Gasteiger charge is -2.33. The molecule has 0 amide bonds. The molecule has 3 heteroatoms. The first-order chi connectivity index (χ1) is 9.17. The van der Waals surface area contributed by atoms with Gasteiger partial charge in [0.05, 0.1) is 0 Å². The lowest BCUT2D eigenvalue weighted by atomic mass is 9.88. The summed E-state index contributed by atoms with van der Waals surface area (Å²) in [7, 11) is 0. The van der Waals surface area contributed by atoms with Crippen LogP contribution in [0.5, 0.6) is 0 Å². The maximum Gasteiger partial charge on any atom is 0.0409 e. The highest BCUT2D eigenvalue weighted by Gasteiger charge is 2.20. The first-order valence-electron chi connectivity index (χ1n) is 7.34. The van der Waals surface area contributed by atoms with Gasteiger partial charge >= 0.3 is 0 Å². The van der Waals surface area contributed by atoms with Gasteiger partial charge < -0.3 is 5.73 Å². The second-order valence-corrected chi connectivity index (χ2v) is 6.36. The minimum Gasteiger partial charge on any atom is -0.330 e. The molecule has 0 bridgehead atoms. The molecule has 1 atom stereocenters. The quantitative estimate of drug-likeness (QED) is 0.894. The molecule has 2 rings (SSSR count). The van der Waals surface area contributed by atoms with Crippen molar-refractivity contribution >= 4 is 11.6 Å². The Kier molecular flexibility index (Phi) is 5.68. The van der Waals surface area contributed by atoms with E-state index in [2.05, 4.69) is 24.0 Å². The highest BCUT2D eigenvalue weighted by atomic mass is 35.5. The van der Waals surface area contributed by atoms with Gasteiger partial charge in [-0.2, -0.15) is 0 Å². The van der Waals surface area contributed by atoms with Crippen LogP contribution in [-0.4, -0.2) is 24.5 Å². The number of halogens is 1. The smallest absolute Gasteiger partial charge is 0.0409 e. The maximum absolute atomic E-state index is 6.03. The molecule has 1 aliphatic rings. The van der Waals surface area contributed by atoms with Crippen molar-refractivity contribution < 1.29 is 0 Å². The summed E-state index contributed by atoms with van der Waals surface area (Å²) in [4.78, 5) is 2.54. The van der Waals surface area contributed by atoms with Crippen LogP contribution >= 0.6 is 11.6 Å². The van der Waals surface area contributed by atoms with Gasteiger partial charge in [0.2, 0.25) is 0 Å². The Morgan fingerprint density at radius 1 is 1.37 bits per heavy atom. The Balaban J connectivity index is 1.77. The first kappa shape index (κ1) is 14.8.